The molecule has 0 radical (unpaired) electrons. The van der Waals surface area contributed by atoms with E-state index in [4.69, 9.17) is 0 Å². The monoisotopic (exact) mass is 252 g/mol. The molecule has 96 valence electrons. The standard InChI is InChI=1S/C15H16N4/c1-10-8-12-6-4-5-7-14(12)19(10)15-13(9-16)11(2)17-18(15)3/h4-7,10H,8H2,1-3H3. The van der Waals surface area contributed by atoms with Gasteiger partial charge in [-0.2, -0.15) is 10.4 Å². The van der Waals surface area contributed by atoms with Crippen LogP contribution in [-0.4, -0.2) is 15.8 Å². The van der Waals surface area contributed by atoms with Crippen molar-refractivity contribution in [1.29, 1.82) is 5.26 Å². The number of aromatic nitrogens is 2. The zero-order valence-electron chi connectivity index (χ0n) is 11.4. The molecular formula is C15H16N4. The molecule has 2 heterocycles. The minimum atomic E-state index is 0.347. The Morgan fingerprint density at radius 2 is 2.11 bits per heavy atom. The molecule has 1 atom stereocenters. The molecule has 0 bridgehead atoms. The van der Waals surface area contributed by atoms with E-state index in [9.17, 15) is 5.26 Å². The van der Waals surface area contributed by atoms with Gasteiger partial charge in [0.05, 0.1) is 5.69 Å². The molecule has 1 aliphatic heterocycles. The number of fused-ring (bicyclic) bond motifs is 1. The number of para-hydroxylation sites is 1. The van der Waals surface area contributed by atoms with Crippen LogP contribution in [0.2, 0.25) is 0 Å². The molecule has 1 aromatic carbocycles. The molecule has 19 heavy (non-hydrogen) atoms. The Morgan fingerprint density at radius 1 is 1.37 bits per heavy atom. The molecule has 0 saturated carbocycles. The molecule has 1 aliphatic rings. The van der Waals surface area contributed by atoms with Gasteiger partial charge in [0.2, 0.25) is 0 Å². The summed E-state index contributed by atoms with van der Waals surface area (Å²) in [5.41, 5.74) is 3.98. The number of hydrogen-bond acceptors (Lipinski definition) is 3. The molecule has 4 nitrogen and oxygen atoms in total. The van der Waals surface area contributed by atoms with Crippen LogP contribution < -0.4 is 4.90 Å². The minimum Gasteiger partial charge on any atom is -0.322 e. The summed E-state index contributed by atoms with van der Waals surface area (Å²) in [4.78, 5) is 2.23. The average molecular weight is 252 g/mol. The molecule has 1 unspecified atom stereocenters. The Labute approximate surface area is 112 Å². The third-order valence-electron chi connectivity index (χ3n) is 3.74. The predicted octanol–water partition coefficient (Wildman–Crippen LogP) is 2.68. The van der Waals surface area contributed by atoms with Crippen LogP contribution in [0.15, 0.2) is 24.3 Å². The molecule has 1 aromatic heterocycles. The lowest BCUT2D eigenvalue weighted by Crippen LogP contribution is -2.26. The summed E-state index contributed by atoms with van der Waals surface area (Å²) in [5, 5.41) is 13.8. The number of hydrogen-bond donors (Lipinski definition) is 0. The fourth-order valence-corrected chi connectivity index (χ4v) is 2.94. The van der Waals surface area contributed by atoms with E-state index in [-0.39, 0.29) is 0 Å². The maximum atomic E-state index is 9.38. The van der Waals surface area contributed by atoms with E-state index in [0.29, 0.717) is 11.6 Å². The summed E-state index contributed by atoms with van der Waals surface area (Å²) >= 11 is 0. The zero-order valence-corrected chi connectivity index (χ0v) is 11.4. The van der Waals surface area contributed by atoms with Crippen LogP contribution in [0, 0.1) is 18.3 Å². The van der Waals surface area contributed by atoms with Crippen LogP contribution in [0.4, 0.5) is 11.5 Å². The van der Waals surface area contributed by atoms with Crippen molar-refractivity contribution in [2.45, 2.75) is 26.3 Å². The van der Waals surface area contributed by atoms with Crippen molar-refractivity contribution in [2.75, 3.05) is 4.90 Å². The summed E-state index contributed by atoms with van der Waals surface area (Å²) < 4.78 is 1.81. The highest BCUT2D eigenvalue weighted by molar-refractivity contribution is 5.73. The fraction of sp³-hybridized carbons (Fsp3) is 0.333. The summed E-state index contributed by atoms with van der Waals surface area (Å²) in [6.45, 7) is 4.07. The van der Waals surface area contributed by atoms with E-state index in [1.807, 2.05) is 24.7 Å². The minimum absolute atomic E-state index is 0.347. The van der Waals surface area contributed by atoms with Gasteiger partial charge in [0.25, 0.3) is 0 Å². The second kappa shape index (κ2) is 4.13. The van der Waals surface area contributed by atoms with Crippen LogP contribution in [0.5, 0.6) is 0 Å². The van der Waals surface area contributed by atoms with Crippen molar-refractivity contribution in [1.82, 2.24) is 9.78 Å². The lowest BCUT2D eigenvalue weighted by atomic mass is 10.1. The van der Waals surface area contributed by atoms with Crippen molar-refractivity contribution in [3.63, 3.8) is 0 Å². The summed E-state index contributed by atoms with van der Waals surface area (Å²) in [6, 6.07) is 11.0. The number of nitrogens with zero attached hydrogens (tertiary/aromatic N) is 4. The fourth-order valence-electron chi connectivity index (χ4n) is 2.94. The van der Waals surface area contributed by atoms with E-state index < -0.39 is 0 Å². The molecule has 0 N–H and O–H groups in total. The van der Waals surface area contributed by atoms with E-state index in [1.165, 1.54) is 11.3 Å². The quantitative estimate of drug-likeness (QED) is 0.783. The van der Waals surface area contributed by atoms with Gasteiger partial charge in [-0.1, -0.05) is 18.2 Å². The highest BCUT2D eigenvalue weighted by atomic mass is 15.4. The Morgan fingerprint density at radius 3 is 2.84 bits per heavy atom. The maximum Gasteiger partial charge on any atom is 0.149 e. The van der Waals surface area contributed by atoms with Gasteiger partial charge >= 0.3 is 0 Å². The molecule has 3 rings (SSSR count). The number of aryl methyl sites for hydroxylation is 2. The van der Waals surface area contributed by atoms with Crippen molar-refractivity contribution in [3.8, 4) is 6.07 Å². The highest BCUT2D eigenvalue weighted by Crippen LogP contribution is 2.39. The first-order valence-corrected chi connectivity index (χ1v) is 6.44. The van der Waals surface area contributed by atoms with Crippen LogP contribution >= 0.6 is 0 Å². The number of benzene rings is 1. The highest BCUT2D eigenvalue weighted by Gasteiger charge is 2.31. The van der Waals surface area contributed by atoms with Crippen molar-refractivity contribution >= 4 is 11.5 Å². The van der Waals surface area contributed by atoms with Crippen molar-refractivity contribution < 1.29 is 0 Å². The van der Waals surface area contributed by atoms with Gasteiger partial charge in [0.15, 0.2) is 0 Å². The normalized spacial score (nSPS) is 17.4. The van der Waals surface area contributed by atoms with Crippen LogP contribution in [0.1, 0.15) is 23.7 Å². The van der Waals surface area contributed by atoms with Gasteiger partial charge in [0.1, 0.15) is 17.5 Å². The van der Waals surface area contributed by atoms with Gasteiger partial charge in [-0.25, -0.2) is 0 Å². The van der Waals surface area contributed by atoms with Gasteiger partial charge in [-0.3, -0.25) is 4.68 Å². The first-order valence-electron chi connectivity index (χ1n) is 6.44. The van der Waals surface area contributed by atoms with Crippen LogP contribution in [0.25, 0.3) is 0 Å². The Bertz CT molecular complexity index is 678. The Balaban J connectivity index is 2.21. The molecule has 0 aliphatic carbocycles. The number of anilines is 2. The number of nitriles is 1. The van der Waals surface area contributed by atoms with Gasteiger partial charge < -0.3 is 4.90 Å². The maximum absolute atomic E-state index is 9.38. The first kappa shape index (κ1) is 11.8. The molecule has 0 saturated heterocycles. The summed E-state index contributed by atoms with van der Waals surface area (Å²) in [7, 11) is 1.90. The molecule has 2 aromatic rings. The first-order chi connectivity index (χ1) is 9.13. The number of rotatable bonds is 1. The van der Waals surface area contributed by atoms with Crippen molar-refractivity contribution in [2.24, 2.45) is 7.05 Å². The third kappa shape index (κ3) is 1.62. The molecule has 0 spiro atoms. The van der Waals surface area contributed by atoms with Crippen LogP contribution in [0.3, 0.4) is 0 Å². The predicted molar refractivity (Wildman–Crippen MR) is 74.4 cm³/mol. The van der Waals surface area contributed by atoms with Gasteiger partial charge in [0, 0.05) is 18.8 Å². The lowest BCUT2D eigenvalue weighted by molar-refractivity contribution is 0.693. The van der Waals surface area contributed by atoms with Crippen LogP contribution in [-0.2, 0) is 13.5 Å². The van der Waals surface area contributed by atoms with Gasteiger partial charge in [-0.05, 0) is 31.9 Å². The third-order valence-corrected chi connectivity index (χ3v) is 3.74. The van der Waals surface area contributed by atoms with Crippen molar-refractivity contribution in [3.05, 3.63) is 41.1 Å². The van der Waals surface area contributed by atoms with E-state index in [2.05, 4.69) is 41.2 Å². The second-order valence-corrected chi connectivity index (χ2v) is 5.07. The largest absolute Gasteiger partial charge is 0.322 e. The molecule has 0 amide bonds. The van der Waals surface area contributed by atoms with E-state index >= 15 is 0 Å². The molecular weight excluding hydrogens is 236 g/mol. The average Bonchev–Trinajstić information content (AvgIpc) is 2.84. The Kier molecular flexibility index (Phi) is 2.56. The molecule has 0 fully saturated rings. The smallest absolute Gasteiger partial charge is 0.149 e. The van der Waals surface area contributed by atoms with Gasteiger partial charge in [-0.15, -0.1) is 0 Å². The topological polar surface area (TPSA) is 44.9 Å². The van der Waals surface area contributed by atoms with E-state index in [1.54, 1.807) is 0 Å². The SMILES string of the molecule is Cc1nn(C)c(N2c3ccccc3CC2C)c1C#N. The lowest BCUT2D eigenvalue weighted by Gasteiger charge is -2.25. The molecule has 4 heteroatoms. The van der Waals surface area contributed by atoms with E-state index in [0.717, 1.165) is 17.9 Å². The summed E-state index contributed by atoms with van der Waals surface area (Å²) in [6.07, 6.45) is 1.01. The summed E-state index contributed by atoms with van der Waals surface area (Å²) in [5.74, 6) is 0.900. The zero-order chi connectivity index (χ0) is 13.6. The Hall–Kier alpha value is -2.28. The second-order valence-electron chi connectivity index (χ2n) is 5.07.